The molecule has 1 aromatic heterocycles. The molecule has 0 aliphatic heterocycles. The number of nitrogens with one attached hydrogen (secondary N) is 2. The van der Waals surface area contributed by atoms with Gasteiger partial charge in [-0.3, -0.25) is 9.89 Å². The molecule has 7 heteroatoms. The minimum absolute atomic E-state index is 0.141. The molecule has 0 bridgehead atoms. The number of ether oxygens (including phenoxy) is 1. The summed E-state index contributed by atoms with van der Waals surface area (Å²) in [7, 11) is 0. The van der Waals surface area contributed by atoms with Crippen molar-refractivity contribution in [2.24, 2.45) is 0 Å². The van der Waals surface area contributed by atoms with Crippen LogP contribution in [0.3, 0.4) is 0 Å². The molecule has 0 saturated heterocycles. The SMILES string of the molecule is CCc1nc(SCC(=O)Nc2ccccc2Oc2ccc(C)cc2)n[nH]1. The molecule has 1 heterocycles. The number of thioether (sulfide) groups is 1. The zero-order valence-corrected chi connectivity index (χ0v) is 15.5. The third-order valence-corrected chi connectivity index (χ3v) is 4.44. The van der Waals surface area contributed by atoms with Gasteiger partial charge >= 0.3 is 0 Å². The highest BCUT2D eigenvalue weighted by molar-refractivity contribution is 7.99. The summed E-state index contributed by atoms with van der Waals surface area (Å²) < 4.78 is 5.89. The molecule has 3 aromatic rings. The second kappa shape index (κ2) is 8.53. The Morgan fingerprint density at radius 1 is 1.19 bits per heavy atom. The second-order valence-corrected chi connectivity index (χ2v) is 6.61. The van der Waals surface area contributed by atoms with E-state index in [9.17, 15) is 4.79 Å². The lowest BCUT2D eigenvalue weighted by Gasteiger charge is -2.12. The van der Waals surface area contributed by atoms with Crippen LogP contribution >= 0.6 is 11.8 Å². The number of carbonyl (C=O) groups excluding carboxylic acids is 1. The van der Waals surface area contributed by atoms with Crippen molar-refractivity contribution < 1.29 is 9.53 Å². The Labute approximate surface area is 156 Å². The van der Waals surface area contributed by atoms with E-state index in [1.54, 1.807) is 0 Å². The van der Waals surface area contributed by atoms with Crippen molar-refractivity contribution in [1.29, 1.82) is 0 Å². The van der Waals surface area contributed by atoms with Gasteiger partial charge in [-0.25, -0.2) is 4.98 Å². The molecule has 0 atom stereocenters. The molecule has 3 rings (SSSR count). The van der Waals surface area contributed by atoms with Gasteiger partial charge in [0.05, 0.1) is 11.4 Å². The molecular formula is C19H20N4O2S. The Morgan fingerprint density at radius 3 is 2.69 bits per heavy atom. The second-order valence-electron chi connectivity index (χ2n) is 5.67. The monoisotopic (exact) mass is 368 g/mol. The van der Waals surface area contributed by atoms with Crippen molar-refractivity contribution in [3.8, 4) is 11.5 Å². The fourth-order valence-electron chi connectivity index (χ4n) is 2.21. The molecule has 1 amide bonds. The number of para-hydroxylation sites is 2. The van der Waals surface area contributed by atoms with Crippen molar-refractivity contribution in [1.82, 2.24) is 15.2 Å². The number of anilines is 1. The number of amides is 1. The van der Waals surface area contributed by atoms with Crippen LogP contribution in [0.15, 0.2) is 53.7 Å². The number of benzene rings is 2. The highest BCUT2D eigenvalue weighted by atomic mass is 32.2. The molecule has 6 nitrogen and oxygen atoms in total. The van der Waals surface area contributed by atoms with Gasteiger partial charge in [0.2, 0.25) is 11.1 Å². The van der Waals surface area contributed by atoms with Crippen LogP contribution in [0, 0.1) is 6.92 Å². The molecule has 0 aliphatic carbocycles. The van der Waals surface area contributed by atoms with Gasteiger partial charge in [0.15, 0.2) is 5.75 Å². The lowest BCUT2D eigenvalue weighted by molar-refractivity contribution is -0.113. The average molecular weight is 368 g/mol. The molecular weight excluding hydrogens is 348 g/mol. The normalized spacial score (nSPS) is 10.5. The fourth-order valence-corrected chi connectivity index (χ4v) is 2.83. The summed E-state index contributed by atoms with van der Waals surface area (Å²) in [6.45, 7) is 4.01. The number of H-pyrrole nitrogens is 1. The van der Waals surface area contributed by atoms with E-state index in [0.29, 0.717) is 16.6 Å². The van der Waals surface area contributed by atoms with Gasteiger partial charge in [-0.2, -0.15) is 0 Å². The first-order chi connectivity index (χ1) is 12.6. The maximum absolute atomic E-state index is 12.3. The van der Waals surface area contributed by atoms with Crippen LogP contribution in [0.2, 0.25) is 0 Å². The Balaban J connectivity index is 1.61. The lowest BCUT2D eigenvalue weighted by Crippen LogP contribution is -2.14. The Kier molecular flexibility index (Phi) is 5.91. The van der Waals surface area contributed by atoms with Crippen LogP contribution in [0.4, 0.5) is 5.69 Å². The number of carbonyl (C=O) groups is 1. The lowest BCUT2D eigenvalue weighted by atomic mass is 10.2. The zero-order valence-electron chi connectivity index (χ0n) is 14.7. The summed E-state index contributed by atoms with van der Waals surface area (Å²) >= 11 is 1.29. The number of nitrogens with zero attached hydrogens (tertiary/aromatic N) is 2. The number of aromatic nitrogens is 3. The topological polar surface area (TPSA) is 79.9 Å². The van der Waals surface area contributed by atoms with Crippen LogP contribution in [-0.4, -0.2) is 26.8 Å². The number of rotatable bonds is 7. The van der Waals surface area contributed by atoms with Gasteiger partial charge in [0.1, 0.15) is 11.6 Å². The maximum Gasteiger partial charge on any atom is 0.234 e. The van der Waals surface area contributed by atoms with E-state index < -0.39 is 0 Å². The van der Waals surface area contributed by atoms with E-state index in [2.05, 4.69) is 20.5 Å². The van der Waals surface area contributed by atoms with Crippen LogP contribution in [0.25, 0.3) is 0 Å². The van der Waals surface area contributed by atoms with Crippen molar-refractivity contribution in [3.05, 3.63) is 59.9 Å². The number of hydrogen-bond donors (Lipinski definition) is 2. The third kappa shape index (κ3) is 4.86. The smallest absolute Gasteiger partial charge is 0.234 e. The highest BCUT2D eigenvalue weighted by Crippen LogP contribution is 2.29. The Hall–Kier alpha value is -2.80. The number of aromatic amines is 1. The van der Waals surface area contributed by atoms with Crippen LogP contribution in [0.1, 0.15) is 18.3 Å². The van der Waals surface area contributed by atoms with Gasteiger partial charge in [0, 0.05) is 6.42 Å². The van der Waals surface area contributed by atoms with Gasteiger partial charge in [0.25, 0.3) is 0 Å². The van der Waals surface area contributed by atoms with E-state index in [1.165, 1.54) is 11.8 Å². The largest absolute Gasteiger partial charge is 0.455 e. The first-order valence-corrected chi connectivity index (χ1v) is 9.30. The molecule has 134 valence electrons. The highest BCUT2D eigenvalue weighted by Gasteiger charge is 2.11. The third-order valence-electron chi connectivity index (χ3n) is 3.59. The van der Waals surface area contributed by atoms with E-state index in [1.807, 2.05) is 62.4 Å². The van der Waals surface area contributed by atoms with Crippen molar-refractivity contribution in [2.45, 2.75) is 25.4 Å². The molecule has 2 N–H and O–H groups in total. The van der Waals surface area contributed by atoms with Gasteiger partial charge in [-0.05, 0) is 31.2 Å². The molecule has 0 spiro atoms. The van der Waals surface area contributed by atoms with Crippen molar-refractivity contribution in [2.75, 3.05) is 11.1 Å². The van der Waals surface area contributed by atoms with Crippen molar-refractivity contribution in [3.63, 3.8) is 0 Å². The average Bonchev–Trinajstić information content (AvgIpc) is 3.12. The minimum Gasteiger partial charge on any atom is -0.455 e. The molecule has 2 aromatic carbocycles. The summed E-state index contributed by atoms with van der Waals surface area (Å²) in [6, 6.07) is 15.1. The summed E-state index contributed by atoms with van der Waals surface area (Å²) in [5.41, 5.74) is 1.79. The Bertz CT molecular complexity index is 877. The standard InChI is InChI=1S/C19H20N4O2S/c1-3-17-21-19(23-22-17)26-12-18(24)20-15-6-4-5-7-16(15)25-14-10-8-13(2)9-11-14/h4-11H,3,12H2,1-2H3,(H,20,24)(H,21,22,23). The molecule has 0 radical (unpaired) electrons. The Morgan fingerprint density at radius 2 is 1.96 bits per heavy atom. The predicted molar refractivity (Wildman–Crippen MR) is 103 cm³/mol. The summed E-state index contributed by atoms with van der Waals surface area (Å²) in [4.78, 5) is 16.5. The zero-order chi connectivity index (χ0) is 18.4. The fraction of sp³-hybridized carbons (Fsp3) is 0.211. The van der Waals surface area contributed by atoms with Gasteiger partial charge < -0.3 is 10.1 Å². The molecule has 0 aliphatic rings. The van der Waals surface area contributed by atoms with E-state index in [-0.39, 0.29) is 11.7 Å². The van der Waals surface area contributed by atoms with Crippen molar-refractivity contribution >= 4 is 23.4 Å². The van der Waals surface area contributed by atoms with Crippen LogP contribution < -0.4 is 10.1 Å². The number of aryl methyl sites for hydroxylation is 2. The summed E-state index contributed by atoms with van der Waals surface area (Å²) in [5.74, 6) is 2.21. The first-order valence-electron chi connectivity index (χ1n) is 8.31. The maximum atomic E-state index is 12.3. The molecule has 0 saturated carbocycles. The minimum atomic E-state index is -0.141. The predicted octanol–water partition coefficient (Wildman–Crippen LogP) is 4.20. The van der Waals surface area contributed by atoms with Gasteiger partial charge in [-0.1, -0.05) is 48.5 Å². The quantitative estimate of drug-likeness (QED) is 0.611. The number of hydrogen-bond acceptors (Lipinski definition) is 5. The molecule has 0 unspecified atom stereocenters. The first kappa shape index (κ1) is 18.0. The van der Waals surface area contributed by atoms with E-state index in [0.717, 1.165) is 23.6 Å². The van der Waals surface area contributed by atoms with Crippen LogP contribution in [-0.2, 0) is 11.2 Å². The van der Waals surface area contributed by atoms with Gasteiger partial charge in [-0.15, -0.1) is 5.10 Å². The van der Waals surface area contributed by atoms with Crippen LogP contribution in [0.5, 0.6) is 11.5 Å². The summed E-state index contributed by atoms with van der Waals surface area (Å²) in [6.07, 6.45) is 0.781. The molecule has 0 fully saturated rings. The molecule has 26 heavy (non-hydrogen) atoms. The van der Waals surface area contributed by atoms with E-state index in [4.69, 9.17) is 4.74 Å². The van der Waals surface area contributed by atoms with E-state index >= 15 is 0 Å². The summed E-state index contributed by atoms with van der Waals surface area (Å²) in [5, 5.41) is 10.4.